The molecule has 0 heterocycles. The van der Waals surface area contributed by atoms with Crippen LogP contribution in [0.25, 0.3) is 0 Å². The topological polar surface area (TPSA) is 20.2 Å². The summed E-state index contributed by atoms with van der Waals surface area (Å²) in [7, 11) is 0. The van der Waals surface area contributed by atoms with Crippen LogP contribution in [-0.2, 0) is 12.0 Å². The van der Waals surface area contributed by atoms with E-state index in [1.54, 1.807) is 0 Å². The van der Waals surface area contributed by atoms with E-state index in [1.807, 2.05) is 6.07 Å². The molecule has 3 aliphatic rings. The molecule has 1 aromatic rings. The van der Waals surface area contributed by atoms with Gasteiger partial charge in [0, 0.05) is 0 Å². The molecule has 0 spiro atoms. The molecule has 14 heavy (non-hydrogen) atoms. The van der Waals surface area contributed by atoms with E-state index in [9.17, 15) is 5.11 Å². The fourth-order valence-corrected chi connectivity index (χ4v) is 3.36. The Hall–Kier alpha value is -0.820. The SMILES string of the molecule is CC12CCc3ccccc3C(O)(C1)C2. The van der Waals surface area contributed by atoms with Crippen LogP contribution >= 0.6 is 0 Å². The van der Waals surface area contributed by atoms with Crippen molar-refractivity contribution in [2.45, 2.75) is 38.2 Å². The molecule has 0 radical (unpaired) electrons. The maximum atomic E-state index is 10.4. The molecule has 74 valence electrons. The highest BCUT2D eigenvalue weighted by Crippen LogP contribution is 2.58. The van der Waals surface area contributed by atoms with E-state index in [4.69, 9.17) is 0 Å². The Morgan fingerprint density at radius 2 is 1.93 bits per heavy atom. The van der Waals surface area contributed by atoms with Gasteiger partial charge in [0.2, 0.25) is 0 Å². The van der Waals surface area contributed by atoms with E-state index in [1.165, 1.54) is 17.5 Å². The second kappa shape index (κ2) is 2.40. The van der Waals surface area contributed by atoms with Crippen molar-refractivity contribution in [2.75, 3.05) is 0 Å². The minimum absolute atomic E-state index is 0.397. The molecule has 0 aromatic heterocycles. The molecule has 2 bridgehead atoms. The Kier molecular flexibility index (Phi) is 1.46. The molecule has 1 fully saturated rings. The van der Waals surface area contributed by atoms with Gasteiger partial charge in [-0.3, -0.25) is 0 Å². The number of hydrogen-bond donors (Lipinski definition) is 1. The predicted octanol–water partition coefficient (Wildman–Crippen LogP) is 2.62. The van der Waals surface area contributed by atoms with Crippen LogP contribution in [0.4, 0.5) is 0 Å². The lowest BCUT2D eigenvalue weighted by Gasteiger charge is -2.50. The first-order valence-electron chi connectivity index (χ1n) is 5.42. The number of aliphatic hydroxyl groups is 1. The molecule has 1 aromatic carbocycles. The van der Waals surface area contributed by atoms with Crippen molar-refractivity contribution in [3.63, 3.8) is 0 Å². The molecule has 0 unspecified atom stereocenters. The van der Waals surface area contributed by atoms with Crippen LogP contribution in [0.15, 0.2) is 24.3 Å². The lowest BCUT2D eigenvalue weighted by Crippen LogP contribution is -2.46. The Morgan fingerprint density at radius 1 is 1.21 bits per heavy atom. The van der Waals surface area contributed by atoms with E-state index in [-0.39, 0.29) is 0 Å². The molecule has 1 heteroatoms. The van der Waals surface area contributed by atoms with Gasteiger partial charge in [0.1, 0.15) is 0 Å². The van der Waals surface area contributed by atoms with E-state index < -0.39 is 5.60 Å². The summed E-state index contributed by atoms with van der Waals surface area (Å²) in [6.07, 6.45) is 4.27. The molecular formula is C13H16O. The van der Waals surface area contributed by atoms with Gasteiger partial charge in [0.15, 0.2) is 0 Å². The van der Waals surface area contributed by atoms with Crippen molar-refractivity contribution in [3.05, 3.63) is 35.4 Å². The number of aryl methyl sites for hydroxylation is 1. The molecule has 4 rings (SSSR count). The van der Waals surface area contributed by atoms with Gasteiger partial charge < -0.3 is 5.11 Å². The molecule has 0 saturated heterocycles. The molecule has 1 nitrogen and oxygen atoms in total. The van der Waals surface area contributed by atoms with Crippen molar-refractivity contribution in [3.8, 4) is 0 Å². The monoisotopic (exact) mass is 188 g/mol. The number of hydrogen-bond acceptors (Lipinski definition) is 1. The van der Waals surface area contributed by atoms with Crippen LogP contribution in [0, 0.1) is 5.41 Å². The average molecular weight is 188 g/mol. The van der Waals surface area contributed by atoms with E-state index >= 15 is 0 Å². The third-order valence-electron chi connectivity index (χ3n) is 3.96. The lowest BCUT2D eigenvalue weighted by molar-refractivity contribution is -0.125. The van der Waals surface area contributed by atoms with Crippen molar-refractivity contribution in [2.24, 2.45) is 5.41 Å². The van der Waals surface area contributed by atoms with Crippen LogP contribution in [-0.4, -0.2) is 5.11 Å². The predicted molar refractivity (Wildman–Crippen MR) is 56.0 cm³/mol. The van der Waals surface area contributed by atoms with Gasteiger partial charge >= 0.3 is 0 Å². The van der Waals surface area contributed by atoms with Crippen LogP contribution in [0.5, 0.6) is 0 Å². The molecule has 1 saturated carbocycles. The summed E-state index contributed by atoms with van der Waals surface area (Å²) in [5.74, 6) is 0. The van der Waals surface area contributed by atoms with Crippen LogP contribution < -0.4 is 0 Å². The van der Waals surface area contributed by atoms with Gasteiger partial charge in [0.25, 0.3) is 0 Å². The van der Waals surface area contributed by atoms with Crippen molar-refractivity contribution in [1.82, 2.24) is 0 Å². The average Bonchev–Trinajstić information content (AvgIpc) is 2.29. The van der Waals surface area contributed by atoms with Gasteiger partial charge in [-0.2, -0.15) is 0 Å². The first-order valence-corrected chi connectivity index (χ1v) is 5.42. The van der Waals surface area contributed by atoms with E-state index in [0.717, 1.165) is 19.3 Å². The Labute approximate surface area is 84.8 Å². The summed E-state index contributed by atoms with van der Waals surface area (Å²) in [6, 6.07) is 8.38. The van der Waals surface area contributed by atoms with Gasteiger partial charge in [-0.05, 0) is 42.2 Å². The first-order chi connectivity index (χ1) is 6.61. The Balaban J connectivity index is 2.12. The fraction of sp³-hybridized carbons (Fsp3) is 0.538. The Morgan fingerprint density at radius 3 is 2.71 bits per heavy atom. The largest absolute Gasteiger partial charge is 0.385 e. The van der Waals surface area contributed by atoms with Gasteiger partial charge in [-0.25, -0.2) is 0 Å². The number of rotatable bonds is 0. The summed E-state index contributed by atoms with van der Waals surface area (Å²) in [5, 5.41) is 10.4. The number of fused-ring (bicyclic) bond motifs is 1. The number of benzene rings is 1. The van der Waals surface area contributed by atoms with Gasteiger partial charge in [-0.15, -0.1) is 0 Å². The maximum Gasteiger partial charge on any atom is 0.0909 e. The zero-order chi connectivity index (χ0) is 9.81. The van der Waals surface area contributed by atoms with Gasteiger partial charge in [0.05, 0.1) is 5.60 Å². The smallest absolute Gasteiger partial charge is 0.0909 e. The molecule has 3 aliphatic carbocycles. The van der Waals surface area contributed by atoms with Crippen LogP contribution in [0.2, 0.25) is 0 Å². The maximum absolute atomic E-state index is 10.4. The summed E-state index contributed by atoms with van der Waals surface area (Å²) in [6.45, 7) is 2.30. The lowest BCUT2D eigenvalue weighted by atomic mass is 9.58. The highest BCUT2D eigenvalue weighted by atomic mass is 16.3. The van der Waals surface area contributed by atoms with Crippen LogP contribution in [0.3, 0.4) is 0 Å². The normalized spacial score (nSPS) is 39.6. The van der Waals surface area contributed by atoms with E-state index in [2.05, 4.69) is 25.1 Å². The zero-order valence-corrected chi connectivity index (χ0v) is 8.59. The highest BCUT2D eigenvalue weighted by Gasteiger charge is 2.53. The fourth-order valence-electron chi connectivity index (χ4n) is 3.36. The summed E-state index contributed by atoms with van der Waals surface area (Å²) in [4.78, 5) is 0. The second-order valence-electron chi connectivity index (χ2n) is 5.35. The summed E-state index contributed by atoms with van der Waals surface area (Å²) < 4.78 is 0. The Bertz CT molecular complexity index is 375. The first kappa shape index (κ1) is 8.49. The van der Waals surface area contributed by atoms with Crippen LogP contribution in [0.1, 0.15) is 37.3 Å². The van der Waals surface area contributed by atoms with Crippen molar-refractivity contribution in [1.29, 1.82) is 0 Å². The van der Waals surface area contributed by atoms with Gasteiger partial charge in [-0.1, -0.05) is 31.2 Å². The highest BCUT2D eigenvalue weighted by molar-refractivity contribution is 5.37. The third kappa shape index (κ3) is 0.992. The standard InChI is InChI=1S/C13H16O/c1-12-7-6-10-4-2-3-5-11(10)13(14,8-12)9-12/h2-5,14H,6-9H2,1H3. The minimum atomic E-state index is -0.498. The van der Waals surface area contributed by atoms with Crippen molar-refractivity contribution < 1.29 is 5.11 Å². The molecule has 0 amide bonds. The minimum Gasteiger partial charge on any atom is -0.385 e. The molecule has 0 atom stereocenters. The molecule has 1 N–H and O–H groups in total. The molecular weight excluding hydrogens is 172 g/mol. The quantitative estimate of drug-likeness (QED) is 0.663. The summed E-state index contributed by atoms with van der Waals surface area (Å²) >= 11 is 0. The zero-order valence-electron chi connectivity index (χ0n) is 8.59. The van der Waals surface area contributed by atoms with Crippen molar-refractivity contribution >= 4 is 0 Å². The second-order valence-corrected chi connectivity index (χ2v) is 5.35. The third-order valence-corrected chi connectivity index (χ3v) is 3.96. The summed E-state index contributed by atoms with van der Waals surface area (Å²) in [5.41, 5.74) is 2.45. The molecule has 0 aliphatic heterocycles. The van der Waals surface area contributed by atoms with E-state index in [0.29, 0.717) is 5.41 Å².